The van der Waals surface area contributed by atoms with Crippen LogP contribution >= 0.6 is 11.8 Å². The van der Waals surface area contributed by atoms with Gasteiger partial charge < -0.3 is 5.11 Å². The van der Waals surface area contributed by atoms with Crippen LogP contribution in [0.15, 0.2) is 58.5 Å². The van der Waals surface area contributed by atoms with E-state index in [9.17, 15) is 5.11 Å². The number of thioether (sulfide) groups is 1. The van der Waals surface area contributed by atoms with E-state index in [0.717, 1.165) is 23.3 Å². The fourth-order valence-corrected chi connectivity index (χ4v) is 9.12. The normalized spacial score (nSPS) is 34.3. The monoisotopic (exact) mass is 506 g/mol. The van der Waals surface area contributed by atoms with Gasteiger partial charge in [0.15, 0.2) is 0 Å². The summed E-state index contributed by atoms with van der Waals surface area (Å²) in [5.74, 6) is 4.83. The van der Waals surface area contributed by atoms with Gasteiger partial charge in [-0.1, -0.05) is 58.1 Å². The summed E-state index contributed by atoms with van der Waals surface area (Å²) in [4.78, 5) is 1.33. The topological polar surface area (TPSA) is 20.2 Å². The highest BCUT2D eigenvalue weighted by Gasteiger charge is 2.50. The van der Waals surface area contributed by atoms with Gasteiger partial charge in [0.05, 0.1) is 5.60 Å². The number of allylic oxidation sites excluding steroid dienone is 5. The van der Waals surface area contributed by atoms with Crippen LogP contribution in [0.4, 0.5) is 0 Å². The maximum absolute atomic E-state index is 10.4. The molecule has 3 aliphatic rings. The molecule has 0 spiro atoms. The third-order valence-corrected chi connectivity index (χ3v) is 11.2. The smallest absolute Gasteiger partial charge is 0.0843 e. The summed E-state index contributed by atoms with van der Waals surface area (Å²) in [5.41, 5.74) is 6.48. The predicted molar refractivity (Wildman–Crippen MR) is 157 cm³/mol. The first kappa shape index (κ1) is 27.8. The minimum Gasteiger partial charge on any atom is -0.386 e. The lowest BCUT2D eigenvalue weighted by atomic mass is 9.61. The molecule has 3 saturated carbocycles. The summed E-state index contributed by atoms with van der Waals surface area (Å²) in [6.07, 6.45) is 14.2. The van der Waals surface area contributed by atoms with Crippen LogP contribution in [0.25, 0.3) is 0 Å². The van der Waals surface area contributed by atoms with Crippen LogP contribution < -0.4 is 0 Å². The highest BCUT2D eigenvalue weighted by atomic mass is 32.2. The average Bonchev–Trinajstić information content (AvgIpc) is 3.15. The van der Waals surface area contributed by atoms with E-state index in [1.54, 1.807) is 5.57 Å². The van der Waals surface area contributed by atoms with Gasteiger partial charge in [-0.25, -0.2) is 0 Å². The van der Waals surface area contributed by atoms with E-state index in [0.29, 0.717) is 17.3 Å². The molecule has 0 bridgehead atoms. The summed E-state index contributed by atoms with van der Waals surface area (Å²) in [6, 6.07) is 6.58. The lowest BCUT2D eigenvalue weighted by molar-refractivity contribution is 0.0778. The molecule has 0 radical (unpaired) electrons. The SMILES string of the molecule is C=C1/C(=C\C=C2/CCC[C@@]3(C)C2CCC3[C@@H](C)CSc2ccc(C(C)(C)O)c(C)c2)C[C@@H](C)C[C@@H]1C. The maximum Gasteiger partial charge on any atom is 0.0843 e. The molecule has 36 heavy (non-hydrogen) atoms. The van der Waals surface area contributed by atoms with Crippen LogP contribution in [0, 0.1) is 41.9 Å². The lowest BCUT2D eigenvalue weighted by Gasteiger charge is -2.44. The highest BCUT2D eigenvalue weighted by Crippen LogP contribution is 2.59. The van der Waals surface area contributed by atoms with Gasteiger partial charge >= 0.3 is 0 Å². The fraction of sp³-hybridized carbons (Fsp3) is 0.647. The van der Waals surface area contributed by atoms with E-state index in [-0.39, 0.29) is 0 Å². The lowest BCUT2D eigenvalue weighted by Crippen LogP contribution is -2.36. The van der Waals surface area contributed by atoms with Crippen LogP contribution in [0.5, 0.6) is 0 Å². The molecule has 0 amide bonds. The van der Waals surface area contributed by atoms with Gasteiger partial charge in [0, 0.05) is 10.6 Å². The average molecular weight is 507 g/mol. The molecule has 0 aromatic heterocycles. The Balaban J connectivity index is 1.44. The first-order chi connectivity index (χ1) is 16.9. The van der Waals surface area contributed by atoms with Crippen molar-refractivity contribution in [2.45, 2.75) is 104 Å². The van der Waals surface area contributed by atoms with E-state index in [2.05, 4.69) is 71.5 Å². The van der Waals surface area contributed by atoms with E-state index >= 15 is 0 Å². The first-order valence-electron chi connectivity index (χ1n) is 14.4. The molecule has 3 fully saturated rings. The number of fused-ring (bicyclic) bond motifs is 1. The number of benzene rings is 1. The summed E-state index contributed by atoms with van der Waals surface area (Å²) < 4.78 is 0. The Hall–Kier alpha value is -1.25. The van der Waals surface area contributed by atoms with Crippen molar-refractivity contribution in [2.75, 3.05) is 5.75 Å². The summed E-state index contributed by atoms with van der Waals surface area (Å²) in [5, 5.41) is 10.4. The van der Waals surface area contributed by atoms with Crippen molar-refractivity contribution in [2.24, 2.45) is 35.0 Å². The third-order valence-electron chi connectivity index (χ3n) is 9.92. The molecule has 3 aliphatic carbocycles. The Bertz CT molecular complexity index is 1020. The zero-order valence-corrected chi connectivity index (χ0v) is 24.8. The number of hydrogen-bond donors (Lipinski definition) is 1. The Morgan fingerprint density at radius 1 is 1.22 bits per heavy atom. The molecular formula is C34H50OS. The largest absolute Gasteiger partial charge is 0.386 e. The van der Waals surface area contributed by atoms with Crippen molar-refractivity contribution in [1.82, 2.24) is 0 Å². The van der Waals surface area contributed by atoms with Gasteiger partial charge in [0.1, 0.15) is 0 Å². The number of aryl methyl sites for hydroxylation is 1. The van der Waals surface area contributed by atoms with E-state index in [1.807, 2.05) is 25.6 Å². The standard InChI is InChI=1S/C34H50OS/c1-22-18-23(2)26(5)28(19-22)12-11-27-10-9-17-34(8)31(15-16-32(27)34)25(4)21-36-29-13-14-30(24(3)20-29)33(6,7)35/h11-14,20,22-23,25,31-32,35H,5,9-10,15-19,21H2,1-4,6-8H3/b27-11+,28-12-/t22-,23-,25-,31?,32?,34+/m0/s1. The summed E-state index contributed by atoms with van der Waals surface area (Å²) in [7, 11) is 0. The van der Waals surface area contributed by atoms with E-state index < -0.39 is 5.60 Å². The molecule has 0 aliphatic heterocycles. The first-order valence-corrected chi connectivity index (χ1v) is 15.4. The van der Waals surface area contributed by atoms with Gasteiger partial charge in [0.2, 0.25) is 0 Å². The quantitative estimate of drug-likeness (QED) is 0.387. The third kappa shape index (κ3) is 5.75. The van der Waals surface area contributed by atoms with Crippen LogP contribution in [0.3, 0.4) is 0 Å². The molecule has 1 N–H and O–H groups in total. The Labute approximate surface area is 225 Å². The van der Waals surface area contributed by atoms with Crippen LogP contribution in [0.2, 0.25) is 0 Å². The van der Waals surface area contributed by atoms with Crippen molar-refractivity contribution in [3.05, 3.63) is 64.8 Å². The van der Waals surface area contributed by atoms with Crippen LogP contribution in [-0.2, 0) is 5.60 Å². The fourth-order valence-electron chi connectivity index (χ4n) is 8.01. The van der Waals surface area contributed by atoms with Crippen LogP contribution in [-0.4, -0.2) is 10.9 Å². The molecule has 2 heteroatoms. The molecule has 6 atom stereocenters. The minimum atomic E-state index is -0.781. The zero-order valence-electron chi connectivity index (χ0n) is 24.0. The van der Waals surface area contributed by atoms with Crippen molar-refractivity contribution in [3.8, 4) is 0 Å². The van der Waals surface area contributed by atoms with Gasteiger partial charge in [-0.3, -0.25) is 0 Å². The maximum atomic E-state index is 10.4. The number of rotatable bonds is 6. The molecule has 198 valence electrons. The zero-order chi connectivity index (χ0) is 26.3. The molecule has 2 unspecified atom stereocenters. The predicted octanol–water partition coefficient (Wildman–Crippen LogP) is 9.64. The minimum absolute atomic E-state index is 0.438. The highest BCUT2D eigenvalue weighted by molar-refractivity contribution is 7.99. The second kappa shape index (κ2) is 10.9. The Kier molecular flexibility index (Phi) is 8.37. The van der Waals surface area contributed by atoms with E-state index in [4.69, 9.17) is 0 Å². The Morgan fingerprint density at radius 3 is 2.67 bits per heavy atom. The van der Waals surface area contributed by atoms with Gasteiger partial charge in [0.25, 0.3) is 0 Å². The molecular weight excluding hydrogens is 456 g/mol. The second-order valence-electron chi connectivity index (χ2n) is 13.3. The molecule has 1 nitrogen and oxygen atoms in total. The van der Waals surface area contributed by atoms with Crippen LogP contribution in [0.1, 0.15) is 97.6 Å². The molecule has 0 saturated heterocycles. The Morgan fingerprint density at radius 2 is 1.97 bits per heavy atom. The van der Waals surface area contributed by atoms with Gasteiger partial charge in [-0.15, -0.1) is 11.8 Å². The van der Waals surface area contributed by atoms with Crippen molar-refractivity contribution in [3.63, 3.8) is 0 Å². The number of aliphatic hydroxyl groups is 1. The second-order valence-corrected chi connectivity index (χ2v) is 14.4. The van der Waals surface area contributed by atoms with Crippen molar-refractivity contribution in [1.29, 1.82) is 0 Å². The number of hydrogen-bond acceptors (Lipinski definition) is 2. The van der Waals surface area contributed by atoms with E-state index in [1.165, 1.54) is 72.3 Å². The molecule has 0 heterocycles. The molecule has 1 aromatic rings. The molecule has 4 rings (SSSR count). The van der Waals surface area contributed by atoms with Crippen molar-refractivity contribution < 1.29 is 5.11 Å². The van der Waals surface area contributed by atoms with Gasteiger partial charge in [-0.2, -0.15) is 0 Å². The summed E-state index contributed by atoms with van der Waals surface area (Å²) >= 11 is 2.00. The van der Waals surface area contributed by atoms with Crippen molar-refractivity contribution >= 4 is 11.8 Å². The summed E-state index contributed by atoms with van der Waals surface area (Å²) in [6.45, 7) is 20.2. The van der Waals surface area contributed by atoms with Gasteiger partial charge in [-0.05, 0) is 135 Å². The molecule has 1 aromatic carbocycles.